The predicted molar refractivity (Wildman–Crippen MR) is 109 cm³/mol. The number of carbonyl (C=O) groups is 2. The highest BCUT2D eigenvalue weighted by Crippen LogP contribution is 2.28. The van der Waals surface area contributed by atoms with E-state index in [1.54, 1.807) is 15.6 Å². The Labute approximate surface area is 171 Å². The monoisotopic (exact) mass is 396 g/mol. The molecule has 2 aliphatic rings. The van der Waals surface area contributed by atoms with Gasteiger partial charge in [0.1, 0.15) is 11.4 Å². The second-order valence-electron chi connectivity index (χ2n) is 8.23. The van der Waals surface area contributed by atoms with Gasteiger partial charge in [0.05, 0.1) is 18.6 Å². The summed E-state index contributed by atoms with van der Waals surface area (Å²) in [5, 5.41) is 7.41. The molecule has 2 aromatic rings. The molecular weight excluding hydrogens is 368 g/mol. The lowest BCUT2D eigenvalue weighted by Crippen LogP contribution is -2.56. The number of ether oxygens (including phenoxy) is 1. The zero-order valence-electron chi connectivity index (χ0n) is 17.2. The summed E-state index contributed by atoms with van der Waals surface area (Å²) in [6.07, 6.45) is 3.85. The summed E-state index contributed by atoms with van der Waals surface area (Å²) in [6.45, 7) is 7.66. The third-order valence-corrected chi connectivity index (χ3v) is 5.69. The number of hydrogen-bond donors (Lipinski definition) is 1. The first kappa shape index (κ1) is 19.5. The number of hydrogen-bond acceptors (Lipinski definition) is 4. The van der Waals surface area contributed by atoms with E-state index in [-0.39, 0.29) is 29.8 Å². The molecule has 2 aliphatic heterocycles. The number of carbonyl (C=O) groups excluding carboxylic acids is 2. The molecule has 1 saturated heterocycles. The number of rotatable bonds is 5. The minimum Gasteiger partial charge on any atom is -0.493 e. The molecule has 1 unspecified atom stereocenters. The van der Waals surface area contributed by atoms with Crippen LogP contribution in [0.15, 0.2) is 30.5 Å². The largest absolute Gasteiger partial charge is 0.493 e. The first-order chi connectivity index (χ1) is 13.9. The van der Waals surface area contributed by atoms with Gasteiger partial charge in [0.25, 0.3) is 5.91 Å². The second-order valence-corrected chi connectivity index (χ2v) is 8.23. The second kappa shape index (κ2) is 7.89. The van der Waals surface area contributed by atoms with E-state index in [1.165, 1.54) is 5.56 Å². The molecule has 1 aromatic carbocycles. The van der Waals surface area contributed by atoms with Crippen LogP contribution < -0.4 is 10.1 Å². The molecule has 3 heterocycles. The highest BCUT2D eigenvalue weighted by molar-refractivity contribution is 5.94. The summed E-state index contributed by atoms with van der Waals surface area (Å²) in [5.74, 6) is 0.653. The van der Waals surface area contributed by atoms with Crippen LogP contribution >= 0.6 is 0 Å². The van der Waals surface area contributed by atoms with Crippen LogP contribution in [0.4, 0.5) is 0 Å². The van der Waals surface area contributed by atoms with Crippen molar-refractivity contribution in [2.24, 2.45) is 5.92 Å². The lowest BCUT2D eigenvalue weighted by Gasteiger charge is -2.38. The highest BCUT2D eigenvalue weighted by Gasteiger charge is 2.37. The standard InChI is InChI=1S/C22H28N4O3/c1-14(2)26-9-8-19(24-26)22(28)25-12-18(13-25)21(27)23-15(3)16-6-7-20-17(11-16)5-4-10-29-20/h6-9,11,14-15,18H,4-5,10,12-13H2,1-3H3,(H,23,27). The van der Waals surface area contributed by atoms with Gasteiger partial charge in [-0.1, -0.05) is 12.1 Å². The number of nitrogens with zero attached hydrogens (tertiary/aromatic N) is 3. The van der Waals surface area contributed by atoms with Gasteiger partial charge < -0.3 is 15.0 Å². The van der Waals surface area contributed by atoms with Gasteiger partial charge in [-0.2, -0.15) is 5.10 Å². The zero-order chi connectivity index (χ0) is 20.5. The van der Waals surface area contributed by atoms with Crippen LogP contribution in [-0.2, 0) is 11.2 Å². The SMILES string of the molecule is CC(NC(=O)C1CN(C(=O)c2ccn(C(C)C)n2)C1)c1ccc2c(c1)CCCO2. The third-order valence-electron chi connectivity index (χ3n) is 5.69. The molecule has 7 heteroatoms. The molecule has 29 heavy (non-hydrogen) atoms. The van der Waals surface area contributed by atoms with Crippen LogP contribution in [-0.4, -0.2) is 46.2 Å². The molecule has 154 valence electrons. The van der Waals surface area contributed by atoms with Crippen molar-refractivity contribution in [3.05, 3.63) is 47.3 Å². The van der Waals surface area contributed by atoms with Gasteiger partial charge >= 0.3 is 0 Å². The normalized spacial score (nSPS) is 17.3. The van der Waals surface area contributed by atoms with E-state index in [0.29, 0.717) is 18.8 Å². The Hall–Kier alpha value is -2.83. The predicted octanol–water partition coefficient (Wildman–Crippen LogP) is 2.74. The van der Waals surface area contributed by atoms with E-state index in [2.05, 4.69) is 16.5 Å². The average molecular weight is 396 g/mol. The molecule has 1 aromatic heterocycles. The van der Waals surface area contributed by atoms with Gasteiger partial charge in [0, 0.05) is 25.3 Å². The molecule has 7 nitrogen and oxygen atoms in total. The number of amides is 2. The Morgan fingerprint density at radius 1 is 1.21 bits per heavy atom. The van der Waals surface area contributed by atoms with Gasteiger partial charge in [-0.05, 0) is 56.9 Å². The number of aryl methyl sites for hydroxylation is 1. The maximum Gasteiger partial charge on any atom is 0.274 e. The van der Waals surface area contributed by atoms with Crippen molar-refractivity contribution < 1.29 is 14.3 Å². The molecule has 1 fully saturated rings. The molecule has 0 radical (unpaired) electrons. The Morgan fingerprint density at radius 3 is 2.72 bits per heavy atom. The van der Waals surface area contributed by atoms with Gasteiger partial charge in [-0.25, -0.2) is 0 Å². The molecular formula is C22H28N4O3. The average Bonchev–Trinajstić information content (AvgIpc) is 3.17. The van der Waals surface area contributed by atoms with Crippen LogP contribution in [0.25, 0.3) is 0 Å². The lowest BCUT2D eigenvalue weighted by atomic mass is 9.96. The number of likely N-dealkylation sites (tertiary alicyclic amines) is 1. The van der Waals surface area contributed by atoms with E-state index < -0.39 is 0 Å². The van der Waals surface area contributed by atoms with Gasteiger partial charge in [0.2, 0.25) is 5.91 Å². The smallest absolute Gasteiger partial charge is 0.274 e. The van der Waals surface area contributed by atoms with Crippen molar-refractivity contribution in [1.82, 2.24) is 20.0 Å². The fraction of sp³-hybridized carbons (Fsp3) is 0.500. The van der Waals surface area contributed by atoms with Crippen molar-refractivity contribution in [3.8, 4) is 5.75 Å². The fourth-order valence-electron chi connectivity index (χ4n) is 3.78. The maximum atomic E-state index is 12.6. The van der Waals surface area contributed by atoms with Crippen LogP contribution in [0.1, 0.15) is 60.9 Å². The summed E-state index contributed by atoms with van der Waals surface area (Å²) in [7, 11) is 0. The maximum absolute atomic E-state index is 12.6. The van der Waals surface area contributed by atoms with Crippen molar-refractivity contribution in [3.63, 3.8) is 0 Å². The summed E-state index contributed by atoms with van der Waals surface area (Å²) < 4.78 is 7.42. The molecule has 0 aliphatic carbocycles. The first-order valence-corrected chi connectivity index (χ1v) is 10.3. The summed E-state index contributed by atoms with van der Waals surface area (Å²) >= 11 is 0. The third kappa shape index (κ3) is 3.99. The molecule has 1 N–H and O–H groups in total. The summed E-state index contributed by atoms with van der Waals surface area (Å²) in [6, 6.07) is 7.99. The Morgan fingerprint density at radius 2 is 2.00 bits per heavy atom. The van der Waals surface area contributed by atoms with Crippen LogP contribution in [0.3, 0.4) is 0 Å². The van der Waals surface area contributed by atoms with Crippen molar-refractivity contribution in [1.29, 1.82) is 0 Å². The summed E-state index contributed by atoms with van der Waals surface area (Å²) in [4.78, 5) is 26.8. The zero-order valence-corrected chi connectivity index (χ0v) is 17.2. The lowest BCUT2D eigenvalue weighted by molar-refractivity contribution is -0.129. The highest BCUT2D eigenvalue weighted by atomic mass is 16.5. The van der Waals surface area contributed by atoms with Crippen molar-refractivity contribution in [2.75, 3.05) is 19.7 Å². The minimum absolute atomic E-state index is 0.0109. The Kier molecular flexibility index (Phi) is 5.30. The quantitative estimate of drug-likeness (QED) is 0.843. The number of fused-ring (bicyclic) bond motifs is 1. The van der Waals surface area contributed by atoms with E-state index >= 15 is 0 Å². The molecule has 0 spiro atoms. The molecule has 2 amide bonds. The van der Waals surface area contributed by atoms with Gasteiger partial charge in [-0.3, -0.25) is 14.3 Å². The molecule has 0 saturated carbocycles. The molecule has 0 bridgehead atoms. The van der Waals surface area contributed by atoms with Crippen molar-refractivity contribution >= 4 is 11.8 Å². The number of nitrogens with one attached hydrogen (secondary N) is 1. The first-order valence-electron chi connectivity index (χ1n) is 10.3. The Bertz CT molecular complexity index is 915. The fourth-order valence-corrected chi connectivity index (χ4v) is 3.78. The topological polar surface area (TPSA) is 76.5 Å². The van der Waals surface area contributed by atoms with Crippen LogP contribution in [0.2, 0.25) is 0 Å². The summed E-state index contributed by atoms with van der Waals surface area (Å²) in [5.41, 5.74) is 2.72. The van der Waals surface area contributed by atoms with Crippen LogP contribution in [0, 0.1) is 5.92 Å². The molecule has 4 rings (SSSR count). The number of aromatic nitrogens is 2. The van der Waals surface area contributed by atoms with Crippen molar-refractivity contribution in [2.45, 2.75) is 45.7 Å². The van der Waals surface area contributed by atoms with E-state index in [4.69, 9.17) is 4.74 Å². The van der Waals surface area contributed by atoms with Gasteiger partial charge in [0.15, 0.2) is 0 Å². The van der Waals surface area contributed by atoms with E-state index in [0.717, 1.165) is 30.8 Å². The van der Waals surface area contributed by atoms with E-state index in [1.807, 2.05) is 39.1 Å². The minimum atomic E-state index is -0.172. The Balaban J connectivity index is 1.30. The van der Waals surface area contributed by atoms with Crippen LogP contribution in [0.5, 0.6) is 5.75 Å². The van der Waals surface area contributed by atoms with Gasteiger partial charge in [-0.15, -0.1) is 0 Å². The molecule has 1 atom stereocenters. The number of benzene rings is 1. The van der Waals surface area contributed by atoms with E-state index in [9.17, 15) is 9.59 Å².